The molecule has 7 nitrogen and oxygen atoms in total. The largest absolute Gasteiger partial charge is 0.332 e. The summed E-state index contributed by atoms with van der Waals surface area (Å²) in [5.74, 6) is 0.108. The normalized spacial score (nSPS) is 10.7. The Morgan fingerprint density at radius 1 is 1.30 bits per heavy atom. The number of likely N-dealkylation sites (N-methyl/N-ethyl adjacent to an activating group) is 1. The van der Waals surface area contributed by atoms with E-state index in [0.717, 1.165) is 12.2 Å². The monoisotopic (exact) mass is 429 g/mol. The molecule has 0 aliphatic heterocycles. The number of carbonyl (C=O) groups is 2. The van der Waals surface area contributed by atoms with Crippen LogP contribution in [0.4, 0.5) is 5.69 Å². The summed E-state index contributed by atoms with van der Waals surface area (Å²) in [6.07, 6.45) is 1.59. The van der Waals surface area contributed by atoms with Crippen molar-refractivity contribution in [2.24, 2.45) is 0 Å². The van der Waals surface area contributed by atoms with Gasteiger partial charge in [-0.3, -0.25) is 19.3 Å². The topological polar surface area (TPSA) is 83.0 Å². The molecule has 0 spiro atoms. The molecular formula is C17H21Cl2N5O2S. The molecule has 27 heavy (non-hydrogen) atoms. The molecule has 0 atom stereocenters. The number of aromatic amines is 1. The van der Waals surface area contributed by atoms with Gasteiger partial charge in [0.1, 0.15) is 12.4 Å². The third-order valence-corrected chi connectivity index (χ3v) is 4.84. The molecule has 2 amide bonds. The van der Waals surface area contributed by atoms with Gasteiger partial charge < -0.3 is 10.2 Å². The van der Waals surface area contributed by atoms with Crippen LogP contribution in [0.2, 0.25) is 10.0 Å². The maximum atomic E-state index is 12.7. The molecular weight excluding hydrogens is 409 g/mol. The molecule has 1 aromatic heterocycles. The van der Waals surface area contributed by atoms with Crippen molar-refractivity contribution in [3.63, 3.8) is 0 Å². The zero-order valence-corrected chi connectivity index (χ0v) is 17.4. The second-order valence-electron chi connectivity index (χ2n) is 5.83. The Morgan fingerprint density at radius 2 is 1.96 bits per heavy atom. The van der Waals surface area contributed by atoms with Gasteiger partial charge in [0, 0.05) is 13.0 Å². The van der Waals surface area contributed by atoms with Gasteiger partial charge in [0.05, 0.1) is 22.3 Å². The second-order valence-corrected chi connectivity index (χ2v) is 7.03. The molecule has 0 saturated heterocycles. The number of nitrogens with one attached hydrogen (secondary N) is 2. The number of hydrogen-bond acceptors (Lipinski definition) is 4. The van der Waals surface area contributed by atoms with Crippen LogP contribution in [0.25, 0.3) is 0 Å². The predicted molar refractivity (Wildman–Crippen MR) is 109 cm³/mol. The minimum atomic E-state index is -0.384. The van der Waals surface area contributed by atoms with Crippen LogP contribution in [-0.2, 0) is 22.6 Å². The number of anilines is 1. The van der Waals surface area contributed by atoms with Gasteiger partial charge in [0.2, 0.25) is 11.8 Å². The summed E-state index contributed by atoms with van der Waals surface area (Å²) in [6, 6.07) is 4.94. The van der Waals surface area contributed by atoms with E-state index in [1.54, 1.807) is 29.7 Å². The minimum absolute atomic E-state index is 0.0264. The van der Waals surface area contributed by atoms with Gasteiger partial charge in [-0.1, -0.05) is 36.2 Å². The zero-order chi connectivity index (χ0) is 20.0. The Bertz CT molecular complexity index is 860. The molecule has 2 aromatic rings. The van der Waals surface area contributed by atoms with Crippen molar-refractivity contribution in [2.45, 2.75) is 33.2 Å². The van der Waals surface area contributed by atoms with Crippen LogP contribution in [-0.4, -0.2) is 44.6 Å². The SMILES string of the molecule is CCCc1n[nH]c(=S)n1CC(=O)N(CC)CC(=O)Nc1c(Cl)cccc1Cl. The van der Waals surface area contributed by atoms with E-state index in [2.05, 4.69) is 15.5 Å². The van der Waals surface area contributed by atoms with E-state index in [-0.39, 0.29) is 24.9 Å². The fourth-order valence-corrected chi connectivity index (χ4v) is 3.22. The van der Waals surface area contributed by atoms with E-state index in [1.807, 2.05) is 6.92 Å². The predicted octanol–water partition coefficient (Wildman–Crippen LogP) is 3.69. The highest BCUT2D eigenvalue weighted by molar-refractivity contribution is 7.71. The fourth-order valence-electron chi connectivity index (χ4n) is 2.51. The standard InChI is InChI=1S/C17H21Cl2N5O2S/c1-3-6-13-21-22-17(27)24(13)10-15(26)23(4-2)9-14(25)20-16-11(18)7-5-8-12(16)19/h5,7-8H,3-4,6,9-10H2,1-2H3,(H,20,25)(H,22,27). The number of hydrogen-bond donors (Lipinski definition) is 2. The van der Waals surface area contributed by atoms with Crippen molar-refractivity contribution >= 4 is 52.9 Å². The van der Waals surface area contributed by atoms with Crippen molar-refractivity contribution in [3.05, 3.63) is 38.8 Å². The molecule has 0 radical (unpaired) electrons. The lowest BCUT2D eigenvalue weighted by atomic mass is 10.3. The van der Waals surface area contributed by atoms with Gasteiger partial charge in [-0.25, -0.2) is 0 Å². The average molecular weight is 430 g/mol. The third kappa shape index (κ3) is 5.54. The number of aromatic nitrogens is 3. The minimum Gasteiger partial charge on any atom is -0.332 e. The van der Waals surface area contributed by atoms with Gasteiger partial charge in [-0.05, 0) is 37.7 Å². The van der Waals surface area contributed by atoms with Crippen LogP contribution in [0.3, 0.4) is 0 Å². The van der Waals surface area contributed by atoms with E-state index in [0.29, 0.717) is 33.5 Å². The van der Waals surface area contributed by atoms with E-state index < -0.39 is 0 Å². The van der Waals surface area contributed by atoms with Crippen molar-refractivity contribution < 1.29 is 9.59 Å². The Hall–Kier alpha value is -1.90. The molecule has 10 heteroatoms. The van der Waals surface area contributed by atoms with Gasteiger partial charge in [0.25, 0.3) is 0 Å². The number of rotatable bonds is 8. The van der Waals surface area contributed by atoms with E-state index in [4.69, 9.17) is 35.4 Å². The summed E-state index contributed by atoms with van der Waals surface area (Å²) in [4.78, 5) is 26.5. The van der Waals surface area contributed by atoms with Crippen molar-refractivity contribution in [1.29, 1.82) is 0 Å². The van der Waals surface area contributed by atoms with Crippen LogP contribution in [0, 0.1) is 4.77 Å². The Morgan fingerprint density at radius 3 is 2.56 bits per heavy atom. The first-order valence-electron chi connectivity index (χ1n) is 8.53. The first kappa shape index (κ1) is 21.4. The van der Waals surface area contributed by atoms with Gasteiger partial charge in [-0.2, -0.15) is 5.10 Å². The summed E-state index contributed by atoms with van der Waals surface area (Å²) in [5, 5.41) is 10.2. The Balaban J connectivity index is 2.06. The lowest BCUT2D eigenvalue weighted by molar-refractivity contribution is -0.135. The highest BCUT2D eigenvalue weighted by Crippen LogP contribution is 2.29. The van der Waals surface area contributed by atoms with Crippen LogP contribution in [0.5, 0.6) is 0 Å². The first-order chi connectivity index (χ1) is 12.9. The second kappa shape index (κ2) is 9.87. The van der Waals surface area contributed by atoms with Gasteiger partial charge in [-0.15, -0.1) is 0 Å². The number of carbonyl (C=O) groups excluding carboxylic acids is 2. The van der Waals surface area contributed by atoms with Crippen LogP contribution < -0.4 is 5.32 Å². The highest BCUT2D eigenvalue weighted by Gasteiger charge is 2.19. The van der Waals surface area contributed by atoms with Crippen molar-refractivity contribution in [2.75, 3.05) is 18.4 Å². The summed E-state index contributed by atoms with van der Waals surface area (Å²) in [7, 11) is 0. The number of amides is 2. The van der Waals surface area contributed by atoms with Gasteiger partial charge >= 0.3 is 0 Å². The smallest absolute Gasteiger partial charge is 0.244 e. The number of aryl methyl sites for hydroxylation is 1. The number of H-pyrrole nitrogens is 1. The number of nitrogens with zero attached hydrogens (tertiary/aromatic N) is 3. The molecule has 1 aromatic carbocycles. The molecule has 1 heterocycles. The van der Waals surface area contributed by atoms with E-state index in [1.165, 1.54) is 4.90 Å². The maximum absolute atomic E-state index is 12.7. The lowest BCUT2D eigenvalue weighted by Gasteiger charge is -2.21. The van der Waals surface area contributed by atoms with E-state index in [9.17, 15) is 9.59 Å². The Kier molecular flexibility index (Phi) is 7.82. The summed E-state index contributed by atoms with van der Waals surface area (Å²) in [5.41, 5.74) is 0.330. The fraction of sp³-hybridized carbons (Fsp3) is 0.412. The molecule has 0 unspecified atom stereocenters. The third-order valence-electron chi connectivity index (χ3n) is 3.90. The van der Waals surface area contributed by atoms with E-state index >= 15 is 0 Å². The summed E-state index contributed by atoms with van der Waals surface area (Å²) < 4.78 is 2.04. The molecule has 2 N–H and O–H groups in total. The zero-order valence-electron chi connectivity index (χ0n) is 15.1. The molecule has 0 aliphatic carbocycles. The quantitative estimate of drug-likeness (QED) is 0.626. The first-order valence-corrected chi connectivity index (χ1v) is 9.69. The van der Waals surface area contributed by atoms with Crippen LogP contribution in [0.1, 0.15) is 26.1 Å². The van der Waals surface area contributed by atoms with Gasteiger partial charge in [0.15, 0.2) is 4.77 Å². The summed E-state index contributed by atoms with van der Waals surface area (Å²) in [6.45, 7) is 4.10. The molecule has 0 saturated carbocycles. The number of halogens is 2. The molecule has 0 fully saturated rings. The lowest BCUT2D eigenvalue weighted by Crippen LogP contribution is -2.40. The molecule has 0 bridgehead atoms. The van der Waals surface area contributed by atoms with Crippen molar-refractivity contribution in [1.82, 2.24) is 19.7 Å². The molecule has 146 valence electrons. The number of para-hydroxylation sites is 1. The average Bonchev–Trinajstić information content (AvgIpc) is 2.96. The van der Waals surface area contributed by atoms with Crippen LogP contribution >= 0.6 is 35.4 Å². The maximum Gasteiger partial charge on any atom is 0.244 e. The van der Waals surface area contributed by atoms with Crippen LogP contribution in [0.15, 0.2) is 18.2 Å². The highest BCUT2D eigenvalue weighted by atomic mass is 35.5. The molecule has 0 aliphatic rings. The molecule has 2 rings (SSSR count). The Labute approximate surface area is 172 Å². The van der Waals surface area contributed by atoms with Crippen molar-refractivity contribution in [3.8, 4) is 0 Å². The summed E-state index contributed by atoms with van der Waals surface area (Å²) >= 11 is 17.3. The number of benzene rings is 1.